The number of nitrogens with two attached hydrogens (primary N) is 1. The lowest BCUT2D eigenvalue weighted by Gasteiger charge is -2.14. The van der Waals surface area contributed by atoms with Gasteiger partial charge in [0, 0.05) is 17.9 Å². The molecule has 4 rings (SSSR count). The van der Waals surface area contributed by atoms with Crippen LogP contribution in [0.15, 0.2) is 65.8 Å². The number of halogens is 1. The second kappa shape index (κ2) is 9.68. The SMILES string of the molecule is CC(C)(C)c1cc(NC(=O)CSc2nnc(Cc3ccccc3F)n2N)n(-c2ccccc2)n1. The molecular formula is C24H26FN7OS. The van der Waals surface area contributed by atoms with Gasteiger partial charge < -0.3 is 11.2 Å². The molecule has 0 saturated carbocycles. The first kappa shape index (κ1) is 23.5. The summed E-state index contributed by atoms with van der Waals surface area (Å²) in [6.07, 6.45) is 0.203. The fraction of sp³-hybridized carbons (Fsp3) is 0.250. The number of hydrogen-bond acceptors (Lipinski definition) is 6. The third-order valence-electron chi connectivity index (χ3n) is 5.12. The molecule has 1 amide bonds. The molecule has 4 aromatic rings. The standard InChI is InChI=1S/C24H26FN7OS/c1-24(2,3)19-14-20(32(30-19)17-10-5-4-6-11-17)27-22(33)15-34-23-29-28-21(31(23)26)13-16-9-7-8-12-18(16)25/h4-12,14H,13,15,26H2,1-3H3,(H,27,33). The molecule has 0 saturated heterocycles. The van der Waals surface area contributed by atoms with E-state index in [1.807, 2.05) is 36.4 Å². The number of carbonyl (C=O) groups excluding carboxylic acids is 1. The van der Waals surface area contributed by atoms with Crippen molar-refractivity contribution < 1.29 is 9.18 Å². The maximum atomic E-state index is 13.9. The number of hydrogen-bond donors (Lipinski definition) is 2. The number of rotatable bonds is 7. The van der Waals surface area contributed by atoms with Gasteiger partial charge >= 0.3 is 0 Å². The van der Waals surface area contributed by atoms with E-state index in [0.717, 1.165) is 23.1 Å². The Bertz CT molecular complexity index is 1290. The van der Waals surface area contributed by atoms with Crippen molar-refractivity contribution in [2.45, 2.75) is 37.8 Å². The summed E-state index contributed by atoms with van der Waals surface area (Å²) in [7, 11) is 0. The number of benzene rings is 2. The Labute approximate surface area is 201 Å². The lowest BCUT2D eigenvalue weighted by molar-refractivity contribution is -0.113. The number of nitrogens with zero attached hydrogens (tertiary/aromatic N) is 5. The van der Waals surface area contributed by atoms with Crippen molar-refractivity contribution in [3.8, 4) is 5.69 Å². The van der Waals surface area contributed by atoms with Gasteiger partial charge in [0.05, 0.1) is 17.1 Å². The van der Waals surface area contributed by atoms with Crippen LogP contribution in [0.25, 0.3) is 5.69 Å². The average molecular weight is 480 g/mol. The molecule has 0 aliphatic heterocycles. The van der Waals surface area contributed by atoms with Crippen LogP contribution in [0.4, 0.5) is 10.2 Å². The number of carbonyl (C=O) groups is 1. The van der Waals surface area contributed by atoms with Crippen LogP contribution in [-0.4, -0.2) is 36.3 Å². The van der Waals surface area contributed by atoms with E-state index in [1.165, 1.54) is 10.7 Å². The molecule has 8 nitrogen and oxygen atoms in total. The van der Waals surface area contributed by atoms with E-state index >= 15 is 0 Å². The Morgan fingerprint density at radius 3 is 2.50 bits per heavy atom. The molecule has 34 heavy (non-hydrogen) atoms. The number of amides is 1. The molecule has 0 radical (unpaired) electrons. The van der Waals surface area contributed by atoms with E-state index in [-0.39, 0.29) is 29.3 Å². The van der Waals surface area contributed by atoms with Crippen LogP contribution in [0.2, 0.25) is 0 Å². The zero-order chi connectivity index (χ0) is 24.3. The van der Waals surface area contributed by atoms with Crippen molar-refractivity contribution >= 4 is 23.5 Å². The van der Waals surface area contributed by atoms with Crippen LogP contribution < -0.4 is 11.2 Å². The Balaban J connectivity index is 1.45. The van der Waals surface area contributed by atoms with Crippen molar-refractivity contribution in [2.24, 2.45) is 0 Å². The summed E-state index contributed by atoms with van der Waals surface area (Å²) in [5, 5.41) is 16.1. The first-order valence-electron chi connectivity index (χ1n) is 10.7. The molecule has 0 aliphatic rings. The van der Waals surface area contributed by atoms with Gasteiger partial charge in [-0.15, -0.1) is 10.2 Å². The van der Waals surface area contributed by atoms with E-state index in [1.54, 1.807) is 22.9 Å². The molecule has 0 bridgehead atoms. The van der Waals surface area contributed by atoms with E-state index in [2.05, 4.69) is 36.3 Å². The predicted molar refractivity (Wildman–Crippen MR) is 131 cm³/mol. The summed E-state index contributed by atoms with van der Waals surface area (Å²) in [6.45, 7) is 6.21. The lowest BCUT2D eigenvalue weighted by Crippen LogP contribution is -2.19. The van der Waals surface area contributed by atoms with Gasteiger partial charge in [-0.25, -0.2) is 13.7 Å². The highest BCUT2D eigenvalue weighted by atomic mass is 32.2. The summed E-state index contributed by atoms with van der Waals surface area (Å²) in [5.41, 5.74) is 2.00. The highest BCUT2D eigenvalue weighted by molar-refractivity contribution is 7.99. The minimum absolute atomic E-state index is 0.0693. The lowest BCUT2D eigenvalue weighted by atomic mass is 9.92. The Morgan fingerprint density at radius 2 is 1.79 bits per heavy atom. The summed E-state index contributed by atoms with van der Waals surface area (Å²) < 4.78 is 17.0. The number of aromatic nitrogens is 5. The number of nitrogens with one attached hydrogen (secondary N) is 1. The van der Waals surface area contributed by atoms with Gasteiger partial charge in [0.2, 0.25) is 11.1 Å². The molecule has 0 fully saturated rings. The van der Waals surface area contributed by atoms with Gasteiger partial charge in [0.25, 0.3) is 0 Å². The van der Waals surface area contributed by atoms with Crippen LogP contribution >= 0.6 is 11.8 Å². The second-order valence-electron chi connectivity index (χ2n) is 8.79. The molecule has 10 heteroatoms. The second-order valence-corrected chi connectivity index (χ2v) is 9.73. The predicted octanol–water partition coefficient (Wildman–Crippen LogP) is 3.94. The molecular weight excluding hydrogens is 453 g/mol. The summed E-state index contributed by atoms with van der Waals surface area (Å²) in [5.74, 6) is 6.59. The smallest absolute Gasteiger partial charge is 0.236 e. The van der Waals surface area contributed by atoms with Crippen molar-refractivity contribution in [3.63, 3.8) is 0 Å². The summed E-state index contributed by atoms with van der Waals surface area (Å²) >= 11 is 1.15. The number of nitrogen functional groups attached to an aromatic ring is 1. The zero-order valence-corrected chi connectivity index (χ0v) is 20.0. The summed E-state index contributed by atoms with van der Waals surface area (Å²) in [6, 6.07) is 17.9. The first-order chi connectivity index (χ1) is 16.2. The highest BCUT2D eigenvalue weighted by Crippen LogP contribution is 2.26. The summed E-state index contributed by atoms with van der Waals surface area (Å²) in [4.78, 5) is 12.8. The van der Waals surface area contributed by atoms with Crippen LogP contribution in [-0.2, 0) is 16.6 Å². The monoisotopic (exact) mass is 479 g/mol. The van der Waals surface area contributed by atoms with Crippen molar-refractivity contribution in [1.29, 1.82) is 0 Å². The number of thioether (sulfide) groups is 1. The fourth-order valence-electron chi connectivity index (χ4n) is 3.25. The normalized spacial score (nSPS) is 11.5. The quantitative estimate of drug-likeness (QED) is 0.307. The van der Waals surface area contributed by atoms with E-state index in [9.17, 15) is 9.18 Å². The fourth-order valence-corrected chi connectivity index (χ4v) is 3.93. The minimum Gasteiger partial charge on any atom is -0.336 e. The Kier molecular flexibility index (Phi) is 6.69. The largest absolute Gasteiger partial charge is 0.336 e. The molecule has 2 aromatic carbocycles. The first-order valence-corrected chi connectivity index (χ1v) is 11.7. The third-order valence-corrected chi connectivity index (χ3v) is 6.06. The van der Waals surface area contributed by atoms with E-state index in [4.69, 9.17) is 10.9 Å². The molecule has 2 heterocycles. The maximum Gasteiger partial charge on any atom is 0.236 e. The number of anilines is 1. The molecule has 3 N–H and O–H groups in total. The van der Waals surface area contributed by atoms with Gasteiger partial charge in [-0.2, -0.15) is 5.10 Å². The van der Waals surface area contributed by atoms with Gasteiger partial charge in [0.1, 0.15) is 11.6 Å². The molecule has 0 unspecified atom stereocenters. The zero-order valence-electron chi connectivity index (χ0n) is 19.2. The Hall–Kier alpha value is -3.66. The van der Waals surface area contributed by atoms with Crippen molar-refractivity contribution in [1.82, 2.24) is 24.7 Å². The van der Waals surface area contributed by atoms with Gasteiger partial charge in [-0.1, -0.05) is 68.9 Å². The van der Waals surface area contributed by atoms with Crippen LogP contribution in [0.5, 0.6) is 0 Å². The van der Waals surface area contributed by atoms with E-state index in [0.29, 0.717) is 22.4 Å². The molecule has 0 spiro atoms. The molecule has 0 aliphatic carbocycles. The highest BCUT2D eigenvalue weighted by Gasteiger charge is 2.22. The van der Waals surface area contributed by atoms with Crippen LogP contribution in [0.3, 0.4) is 0 Å². The van der Waals surface area contributed by atoms with Crippen molar-refractivity contribution in [2.75, 3.05) is 16.9 Å². The van der Waals surface area contributed by atoms with Crippen molar-refractivity contribution in [3.05, 3.63) is 83.6 Å². The van der Waals surface area contributed by atoms with Crippen LogP contribution in [0.1, 0.15) is 37.9 Å². The third kappa shape index (κ3) is 5.28. The maximum absolute atomic E-state index is 13.9. The van der Waals surface area contributed by atoms with E-state index < -0.39 is 0 Å². The average Bonchev–Trinajstić information content (AvgIpc) is 3.38. The Morgan fingerprint density at radius 1 is 1.09 bits per heavy atom. The molecule has 2 aromatic heterocycles. The van der Waals surface area contributed by atoms with Crippen LogP contribution in [0, 0.1) is 5.82 Å². The number of para-hydroxylation sites is 1. The topological polar surface area (TPSA) is 104 Å². The van der Waals surface area contributed by atoms with Gasteiger partial charge in [-0.05, 0) is 23.8 Å². The van der Waals surface area contributed by atoms with Gasteiger partial charge in [0.15, 0.2) is 5.82 Å². The molecule has 0 atom stereocenters. The molecule has 176 valence electrons. The minimum atomic E-state index is -0.330. The van der Waals surface area contributed by atoms with Gasteiger partial charge in [-0.3, -0.25) is 4.79 Å².